The Morgan fingerprint density at radius 2 is 1.68 bits per heavy atom. The molecular weight excluding hydrogens is 249 g/mol. The summed E-state index contributed by atoms with van der Waals surface area (Å²) in [6.45, 7) is 1.64. The van der Waals surface area contributed by atoms with E-state index in [-0.39, 0.29) is 22.7 Å². The summed E-state index contributed by atoms with van der Waals surface area (Å²) >= 11 is 0. The fraction of sp³-hybridized carbons (Fsp3) is 0.0714. The van der Waals surface area contributed by atoms with Gasteiger partial charge >= 0.3 is 0 Å². The number of nitrogens with one attached hydrogen (secondary N) is 1. The number of amides is 1. The molecular formula is C14H12FNO3. The molecule has 0 aliphatic rings. The molecule has 4 nitrogen and oxygen atoms in total. The van der Waals surface area contributed by atoms with Crippen LogP contribution < -0.4 is 5.32 Å². The predicted molar refractivity (Wildman–Crippen MR) is 68.9 cm³/mol. The largest absolute Gasteiger partial charge is 0.507 e. The van der Waals surface area contributed by atoms with Gasteiger partial charge in [-0.3, -0.25) is 4.79 Å². The number of halogens is 1. The highest BCUT2D eigenvalue weighted by atomic mass is 19.1. The van der Waals surface area contributed by atoms with Crippen LogP contribution >= 0.6 is 0 Å². The molecule has 0 aliphatic heterocycles. The number of para-hydroxylation sites is 1. The molecule has 19 heavy (non-hydrogen) atoms. The summed E-state index contributed by atoms with van der Waals surface area (Å²) in [5.41, 5.74) is 0.281. The van der Waals surface area contributed by atoms with Crippen molar-refractivity contribution in [2.75, 3.05) is 5.32 Å². The molecule has 0 unspecified atom stereocenters. The summed E-state index contributed by atoms with van der Waals surface area (Å²) in [6.07, 6.45) is 0. The van der Waals surface area contributed by atoms with Crippen molar-refractivity contribution in [2.45, 2.75) is 6.92 Å². The summed E-state index contributed by atoms with van der Waals surface area (Å²) in [5.74, 6) is -2.09. The highest BCUT2D eigenvalue weighted by Gasteiger charge is 2.18. The second kappa shape index (κ2) is 4.97. The van der Waals surface area contributed by atoms with E-state index in [1.807, 2.05) is 0 Å². The van der Waals surface area contributed by atoms with Gasteiger partial charge in [-0.1, -0.05) is 18.2 Å². The van der Waals surface area contributed by atoms with Gasteiger partial charge in [-0.05, 0) is 30.7 Å². The van der Waals surface area contributed by atoms with Gasteiger partial charge in [-0.15, -0.1) is 0 Å². The number of carbonyl (C=O) groups excluding carboxylic acids is 1. The molecule has 0 saturated heterocycles. The zero-order valence-electron chi connectivity index (χ0n) is 10.1. The smallest absolute Gasteiger partial charge is 0.263 e. The monoisotopic (exact) mass is 261 g/mol. The number of anilines is 1. The lowest BCUT2D eigenvalue weighted by Gasteiger charge is -2.11. The predicted octanol–water partition coefficient (Wildman–Crippen LogP) is 2.80. The van der Waals surface area contributed by atoms with Gasteiger partial charge in [0.1, 0.15) is 22.9 Å². The molecule has 0 spiro atoms. The molecule has 2 aromatic rings. The SMILES string of the molecule is Cc1cccc(F)c1NC(=O)c1c(O)cccc1O. The fourth-order valence-corrected chi connectivity index (χ4v) is 1.73. The molecule has 2 rings (SSSR count). The zero-order valence-corrected chi connectivity index (χ0v) is 10.1. The summed E-state index contributed by atoms with van der Waals surface area (Å²) in [4.78, 5) is 12.0. The first-order chi connectivity index (χ1) is 9.00. The Morgan fingerprint density at radius 3 is 2.26 bits per heavy atom. The summed E-state index contributed by atoms with van der Waals surface area (Å²) in [5, 5.41) is 21.5. The van der Waals surface area contributed by atoms with Gasteiger partial charge in [0.05, 0.1) is 5.69 Å². The highest BCUT2D eigenvalue weighted by molar-refractivity contribution is 6.08. The number of carbonyl (C=O) groups is 1. The number of hydrogen-bond donors (Lipinski definition) is 3. The third-order valence-corrected chi connectivity index (χ3v) is 2.71. The second-order valence-electron chi connectivity index (χ2n) is 4.06. The molecule has 5 heteroatoms. The molecule has 2 aromatic carbocycles. The molecule has 0 fully saturated rings. The van der Waals surface area contributed by atoms with E-state index >= 15 is 0 Å². The first-order valence-electron chi connectivity index (χ1n) is 5.58. The lowest BCUT2D eigenvalue weighted by molar-refractivity contribution is 0.102. The van der Waals surface area contributed by atoms with Crippen LogP contribution in [0.1, 0.15) is 15.9 Å². The third-order valence-electron chi connectivity index (χ3n) is 2.71. The minimum absolute atomic E-state index is 0.0233. The zero-order chi connectivity index (χ0) is 14.0. The van der Waals surface area contributed by atoms with Crippen LogP contribution in [-0.4, -0.2) is 16.1 Å². The molecule has 3 N–H and O–H groups in total. The van der Waals surface area contributed by atoms with E-state index in [1.54, 1.807) is 13.0 Å². The van der Waals surface area contributed by atoms with Crippen LogP contribution in [0.2, 0.25) is 0 Å². The molecule has 1 amide bonds. The molecule has 0 saturated carbocycles. The number of aromatic hydroxyl groups is 2. The van der Waals surface area contributed by atoms with E-state index in [4.69, 9.17) is 0 Å². The minimum Gasteiger partial charge on any atom is -0.507 e. The van der Waals surface area contributed by atoms with Crippen LogP contribution in [0.4, 0.5) is 10.1 Å². The van der Waals surface area contributed by atoms with Crippen LogP contribution in [0.25, 0.3) is 0 Å². The maximum Gasteiger partial charge on any atom is 0.263 e. The van der Waals surface area contributed by atoms with Crippen LogP contribution in [0.15, 0.2) is 36.4 Å². The quantitative estimate of drug-likeness (QED) is 0.778. The van der Waals surface area contributed by atoms with Gasteiger partial charge < -0.3 is 15.5 Å². The molecule has 0 atom stereocenters. The maximum atomic E-state index is 13.6. The van der Waals surface area contributed by atoms with Gasteiger partial charge in [0.15, 0.2) is 0 Å². The number of rotatable bonds is 2. The van der Waals surface area contributed by atoms with Gasteiger partial charge in [0.25, 0.3) is 5.91 Å². The van der Waals surface area contributed by atoms with Crippen LogP contribution in [-0.2, 0) is 0 Å². The van der Waals surface area contributed by atoms with Gasteiger partial charge in [-0.25, -0.2) is 4.39 Å². The number of hydrogen-bond acceptors (Lipinski definition) is 3. The van der Waals surface area contributed by atoms with E-state index in [1.165, 1.54) is 30.3 Å². The van der Waals surface area contributed by atoms with Crippen LogP contribution in [0.3, 0.4) is 0 Å². The summed E-state index contributed by atoms with van der Waals surface area (Å²) in [6, 6.07) is 8.32. The lowest BCUT2D eigenvalue weighted by atomic mass is 10.1. The van der Waals surface area contributed by atoms with E-state index in [0.29, 0.717) is 5.56 Å². The highest BCUT2D eigenvalue weighted by Crippen LogP contribution is 2.28. The lowest BCUT2D eigenvalue weighted by Crippen LogP contribution is -2.14. The first-order valence-corrected chi connectivity index (χ1v) is 5.58. The summed E-state index contributed by atoms with van der Waals surface area (Å²) in [7, 11) is 0. The number of phenols is 2. The second-order valence-corrected chi connectivity index (χ2v) is 4.06. The van der Waals surface area contributed by atoms with Gasteiger partial charge in [0.2, 0.25) is 0 Å². The standard InChI is InChI=1S/C14H12FNO3/c1-8-4-2-5-9(15)13(8)16-14(19)12-10(17)6-3-7-11(12)18/h2-7,17-18H,1H3,(H,16,19). The number of aryl methyl sites for hydroxylation is 1. The average Bonchev–Trinajstić information content (AvgIpc) is 2.34. The average molecular weight is 261 g/mol. The maximum absolute atomic E-state index is 13.6. The number of phenolic OH excluding ortho intramolecular Hbond substituents is 2. The van der Waals surface area contributed by atoms with Crippen molar-refractivity contribution in [3.05, 3.63) is 53.3 Å². The normalized spacial score (nSPS) is 10.2. The molecule has 0 heterocycles. The Kier molecular flexibility index (Phi) is 3.37. The third kappa shape index (κ3) is 2.49. The van der Waals surface area contributed by atoms with Crippen molar-refractivity contribution >= 4 is 11.6 Å². The van der Waals surface area contributed by atoms with Crippen LogP contribution in [0, 0.1) is 12.7 Å². The Balaban J connectivity index is 2.37. The van der Waals surface area contributed by atoms with Crippen LogP contribution in [0.5, 0.6) is 11.5 Å². The van der Waals surface area contributed by atoms with Crippen molar-refractivity contribution < 1.29 is 19.4 Å². The fourth-order valence-electron chi connectivity index (χ4n) is 1.73. The van der Waals surface area contributed by atoms with Crippen molar-refractivity contribution in [3.63, 3.8) is 0 Å². The Labute approximate surface area is 109 Å². The van der Waals surface area contributed by atoms with E-state index < -0.39 is 11.7 Å². The Bertz CT molecular complexity index is 600. The van der Waals surface area contributed by atoms with Gasteiger partial charge in [-0.2, -0.15) is 0 Å². The van der Waals surface area contributed by atoms with Crippen molar-refractivity contribution in [2.24, 2.45) is 0 Å². The Hall–Kier alpha value is -2.56. The van der Waals surface area contributed by atoms with E-state index in [2.05, 4.69) is 5.32 Å². The molecule has 0 aromatic heterocycles. The van der Waals surface area contributed by atoms with Crippen molar-refractivity contribution in [1.29, 1.82) is 0 Å². The van der Waals surface area contributed by atoms with Gasteiger partial charge in [0, 0.05) is 0 Å². The first kappa shape index (κ1) is 12.9. The minimum atomic E-state index is -0.774. The number of benzene rings is 2. The molecule has 0 aliphatic carbocycles. The molecule has 0 radical (unpaired) electrons. The van der Waals surface area contributed by atoms with E-state index in [0.717, 1.165) is 0 Å². The molecule has 0 bridgehead atoms. The topological polar surface area (TPSA) is 69.6 Å². The van der Waals surface area contributed by atoms with Crippen molar-refractivity contribution in [1.82, 2.24) is 0 Å². The summed E-state index contributed by atoms with van der Waals surface area (Å²) < 4.78 is 13.6. The van der Waals surface area contributed by atoms with E-state index in [9.17, 15) is 19.4 Å². The molecule has 98 valence electrons. The van der Waals surface area contributed by atoms with Crippen molar-refractivity contribution in [3.8, 4) is 11.5 Å². The Morgan fingerprint density at radius 1 is 1.11 bits per heavy atom.